The SMILES string of the molecule is CN(CCc1ccccc1)c1nc(CN2CCN(C(c3ccc(Cl)cc3)c3ccc(Cl)cc3)CC2)nc2ccccc12. The van der Waals surface area contributed by atoms with Crippen LogP contribution in [0.15, 0.2) is 103 Å². The fourth-order valence-electron chi connectivity index (χ4n) is 5.80. The summed E-state index contributed by atoms with van der Waals surface area (Å²) in [4.78, 5) is 17.4. The Balaban J connectivity index is 1.17. The molecule has 7 heteroatoms. The predicted octanol–water partition coefficient (Wildman–Crippen LogP) is 7.52. The van der Waals surface area contributed by atoms with Crippen LogP contribution in [0.25, 0.3) is 10.9 Å². The Morgan fingerprint density at radius 3 is 1.95 bits per heavy atom. The molecular weight excluding hydrogens is 561 g/mol. The summed E-state index contributed by atoms with van der Waals surface area (Å²) in [6, 6.07) is 35.5. The molecule has 5 aromatic rings. The average molecular weight is 597 g/mol. The van der Waals surface area contributed by atoms with Crippen molar-refractivity contribution in [2.75, 3.05) is 44.7 Å². The largest absolute Gasteiger partial charge is 0.359 e. The van der Waals surface area contributed by atoms with Crippen LogP contribution in [0.2, 0.25) is 10.0 Å². The van der Waals surface area contributed by atoms with Crippen LogP contribution in [0.5, 0.6) is 0 Å². The molecule has 0 unspecified atom stereocenters. The monoisotopic (exact) mass is 595 g/mol. The highest BCUT2D eigenvalue weighted by molar-refractivity contribution is 6.30. The van der Waals surface area contributed by atoms with Crippen molar-refractivity contribution in [3.63, 3.8) is 0 Å². The van der Waals surface area contributed by atoms with E-state index in [0.29, 0.717) is 0 Å². The Labute approximate surface area is 258 Å². The van der Waals surface area contributed by atoms with Crippen molar-refractivity contribution in [2.45, 2.75) is 19.0 Å². The quantitative estimate of drug-likeness (QED) is 0.176. The van der Waals surface area contributed by atoms with Crippen molar-refractivity contribution in [2.24, 2.45) is 0 Å². The maximum Gasteiger partial charge on any atom is 0.145 e. The summed E-state index contributed by atoms with van der Waals surface area (Å²) < 4.78 is 0. The molecule has 0 amide bonds. The normalized spacial score (nSPS) is 14.5. The van der Waals surface area contributed by atoms with Crippen LogP contribution in [-0.2, 0) is 13.0 Å². The van der Waals surface area contributed by atoms with E-state index in [1.807, 2.05) is 24.3 Å². The zero-order valence-electron chi connectivity index (χ0n) is 23.8. The number of aromatic nitrogens is 2. The zero-order valence-corrected chi connectivity index (χ0v) is 25.3. The van der Waals surface area contributed by atoms with Gasteiger partial charge in [-0.25, -0.2) is 9.97 Å². The molecule has 42 heavy (non-hydrogen) atoms. The summed E-state index contributed by atoms with van der Waals surface area (Å²) in [5.41, 5.74) is 4.79. The van der Waals surface area contributed by atoms with E-state index in [9.17, 15) is 0 Å². The second kappa shape index (κ2) is 13.2. The van der Waals surface area contributed by atoms with Gasteiger partial charge in [-0.1, -0.05) is 89.9 Å². The Kier molecular flexibility index (Phi) is 9.01. The van der Waals surface area contributed by atoms with Gasteiger partial charge in [0.1, 0.15) is 11.6 Å². The Morgan fingerprint density at radius 2 is 1.31 bits per heavy atom. The molecule has 0 aliphatic carbocycles. The molecule has 5 nitrogen and oxygen atoms in total. The van der Waals surface area contributed by atoms with Crippen molar-refractivity contribution in [1.82, 2.24) is 19.8 Å². The molecule has 0 radical (unpaired) electrons. The fraction of sp³-hybridized carbons (Fsp3) is 0.257. The first-order valence-electron chi connectivity index (χ1n) is 14.5. The number of anilines is 1. The van der Waals surface area contributed by atoms with Crippen LogP contribution >= 0.6 is 23.2 Å². The van der Waals surface area contributed by atoms with E-state index in [4.69, 9.17) is 33.2 Å². The first-order chi connectivity index (χ1) is 20.5. The van der Waals surface area contributed by atoms with Crippen molar-refractivity contribution in [1.29, 1.82) is 0 Å². The summed E-state index contributed by atoms with van der Waals surface area (Å²) >= 11 is 12.5. The van der Waals surface area contributed by atoms with Gasteiger partial charge in [-0.05, 0) is 59.5 Å². The molecular formula is C35H35Cl2N5. The smallest absolute Gasteiger partial charge is 0.145 e. The van der Waals surface area contributed by atoms with Crippen LogP contribution in [0.1, 0.15) is 28.6 Å². The van der Waals surface area contributed by atoms with Crippen molar-refractivity contribution < 1.29 is 0 Å². The van der Waals surface area contributed by atoms with E-state index in [0.717, 1.165) is 78.3 Å². The molecule has 0 spiro atoms. The van der Waals surface area contributed by atoms with Gasteiger partial charge in [0.05, 0.1) is 18.1 Å². The third-order valence-electron chi connectivity index (χ3n) is 8.08. The highest BCUT2D eigenvalue weighted by atomic mass is 35.5. The third kappa shape index (κ3) is 6.77. The van der Waals surface area contributed by atoms with E-state index >= 15 is 0 Å². The van der Waals surface area contributed by atoms with Gasteiger partial charge in [0.15, 0.2) is 0 Å². The number of piperazine rings is 1. The van der Waals surface area contributed by atoms with Crippen molar-refractivity contribution >= 4 is 39.9 Å². The van der Waals surface area contributed by atoms with Crippen LogP contribution in [0, 0.1) is 0 Å². The van der Waals surface area contributed by atoms with Gasteiger partial charge in [0.25, 0.3) is 0 Å². The number of benzene rings is 4. The maximum absolute atomic E-state index is 6.23. The highest BCUT2D eigenvalue weighted by Gasteiger charge is 2.27. The highest BCUT2D eigenvalue weighted by Crippen LogP contribution is 2.32. The van der Waals surface area contributed by atoms with Gasteiger partial charge < -0.3 is 4.90 Å². The van der Waals surface area contributed by atoms with Crippen LogP contribution in [0.4, 0.5) is 5.82 Å². The summed E-state index contributed by atoms with van der Waals surface area (Å²) in [5.74, 6) is 1.87. The summed E-state index contributed by atoms with van der Waals surface area (Å²) in [5, 5.41) is 2.59. The molecule has 1 aromatic heterocycles. The first kappa shape index (κ1) is 28.6. The van der Waals surface area contributed by atoms with Crippen molar-refractivity contribution in [3.8, 4) is 0 Å². The second-order valence-electron chi connectivity index (χ2n) is 11.0. The van der Waals surface area contributed by atoms with E-state index in [2.05, 4.69) is 101 Å². The van der Waals surface area contributed by atoms with E-state index < -0.39 is 0 Å². The lowest BCUT2D eigenvalue weighted by atomic mass is 9.96. The summed E-state index contributed by atoms with van der Waals surface area (Å²) in [6.45, 7) is 5.37. The molecule has 1 saturated heterocycles. The minimum Gasteiger partial charge on any atom is -0.359 e. The number of hydrogen-bond acceptors (Lipinski definition) is 5. The van der Waals surface area contributed by atoms with E-state index in [-0.39, 0.29) is 6.04 Å². The molecule has 1 fully saturated rings. The molecule has 214 valence electrons. The lowest BCUT2D eigenvalue weighted by molar-refractivity contribution is 0.103. The number of hydrogen-bond donors (Lipinski definition) is 0. The Morgan fingerprint density at radius 1 is 0.714 bits per heavy atom. The maximum atomic E-state index is 6.23. The summed E-state index contributed by atoms with van der Waals surface area (Å²) in [6.07, 6.45) is 0.968. The predicted molar refractivity (Wildman–Crippen MR) is 175 cm³/mol. The molecule has 0 bridgehead atoms. The Hall–Kier alpha value is -3.48. The van der Waals surface area contributed by atoms with E-state index in [1.165, 1.54) is 16.7 Å². The molecule has 4 aromatic carbocycles. The first-order valence-corrected chi connectivity index (χ1v) is 15.3. The van der Waals surface area contributed by atoms with Gasteiger partial charge in [-0.3, -0.25) is 9.80 Å². The fourth-order valence-corrected chi connectivity index (χ4v) is 6.05. The van der Waals surface area contributed by atoms with Gasteiger partial charge >= 0.3 is 0 Å². The minimum absolute atomic E-state index is 0.142. The molecule has 1 aliphatic rings. The molecule has 2 heterocycles. The number of likely N-dealkylation sites (N-methyl/N-ethyl adjacent to an activating group) is 1. The van der Waals surface area contributed by atoms with Crippen LogP contribution in [0.3, 0.4) is 0 Å². The van der Waals surface area contributed by atoms with Gasteiger partial charge in [0, 0.05) is 55.2 Å². The second-order valence-corrected chi connectivity index (χ2v) is 11.8. The third-order valence-corrected chi connectivity index (χ3v) is 8.58. The molecule has 6 rings (SSSR count). The molecule has 0 atom stereocenters. The molecule has 0 N–H and O–H groups in total. The van der Waals surface area contributed by atoms with Crippen molar-refractivity contribution in [3.05, 3.63) is 136 Å². The number of rotatable bonds is 9. The lowest BCUT2D eigenvalue weighted by Gasteiger charge is -2.39. The number of para-hydroxylation sites is 1. The zero-order chi connectivity index (χ0) is 28.9. The topological polar surface area (TPSA) is 35.5 Å². The van der Waals surface area contributed by atoms with Gasteiger partial charge in [-0.2, -0.15) is 0 Å². The van der Waals surface area contributed by atoms with Crippen LogP contribution in [-0.4, -0.2) is 59.5 Å². The minimum atomic E-state index is 0.142. The average Bonchev–Trinajstić information content (AvgIpc) is 3.03. The summed E-state index contributed by atoms with van der Waals surface area (Å²) in [7, 11) is 2.13. The number of halogens is 2. The number of nitrogens with zero attached hydrogens (tertiary/aromatic N) is 5. The standard InChI is InChI=1S/C35H35Cl2N5/c1-40(20-19-26-7-3-2-4-8-26)35-31-9-5-6-10-32(31)38-33(39-35)25-41-21-23-42(24-22-41)34(27-11-15-29(36)16-12-27)28-13-17-30(37)18-14-28/h2-18,34H,19-25H2,1H3. The number of fused-ring (bicyclic) bond motifs is 1. The van der Waals surface area contributed by atoms with Gasteiger partial charge in [0.2, 0.25) is 0 Å². The van der Waals surface area contributed by atoms with Gasteiger partial charge in [-0.15, -0.1) is 0 Å². The Bertz CT molecular complexity index is 1560. The lowest BCUT2D eigenvalue weighted by Crippen LogP contribution is -2.47. The molecule has 0 saturated carbocycles. The van der Waals surface area contributed by atoms with Crippen LogP contribution < -0.4 is 4.90 Å². The van der Waals surface area contributed by atoms with E-state index in [1.54, 1.807) is 0 Å². The molecule has 1 aliphatic heterocycles.